The molecule has 0 radical (unpaired) electrons. The molecular formula is C32H46N4O8. The molecule has 44 heavy (non-hydrogen) atoms. The van der Waals surface area contributed by atoms with E-state index in [0.29, 0.717) is 58.5 Å². The lowest BCUT2D eigenvalue weighted by Gasteiger charge is -2.12. The first-order chi connectivity index (χ1) is 21.4. The van der Waals surface area contributed by atoms with Crippen LogP contribution in [0.15, 0.2) is 34.5 Å². The van der Waals surface area contributed by atoms with Crippen LogP contribution in [0.1, 0.15) is 75.3 Å². The van der Waals surface area contributed by atoms with Crippen LogP contribution in [0, 0.1) is 0 Å². The van der Waals surface area contributed by atoms with Gasteiger partial charge in [0.25, 0.3) is 0 Å². The fourth-order valence-electron chi connectivity index (χ4n) is 4.45. The van der Waals surface area contributed by atoms with Crippen molar-refractivity contribution in [2.75, 3.05) is 42.7 Å². The number of nitrogens with one attached hydrogen (secondary N) is 2. The Bertz CT molecular complexity index is 1100. The van der Waals surface area contributed by atoms with Crippen molar-refractivity contribution in [1.82, 2.24) is 10.9 Å². The number of amides is 2. The molecule has 0 heterocycles. The summed E-state index contributed by atoms with van der Waals surface area (Å²) in [6.07, 6.45) is 11.8. The van der Waals surface area contributed by atoms with Crippen molar-refractivity contribution in [3.05, 3.63) is 35.4 Å². The van der Waals surface area contributed by atoms with Crippen molar-refractivity contribution >= 4 is 24.2 Å². The largest absolute Gasteiger partial charge is 0.493 e. The van der Waals surface area contributed by atoms with Gasteiger partial charge < -0.3 is 28.4 Å². The highest BCUT2D eigenvalue weighted by atomic mass is 16.5. The summed E-state index contributed by atoms with van der Waals surface area (Å²) >= 11 is 0. The second kappa shape index (κ2) is 20.4. The van der Waals surface area contributed by atoms with Crippen LogP contribution in [0.3, 0.4) is 0 Å². The molecule has 2 rings (SSSR count). The summed E-state index contributed by atoms with van der Waals surface area (Å²) in [6, 6.07) is 7.01. The van der Waals surface area contributed by atoms with Crippen LogP contribution < -0.4 is 39.3 Å². The van der Waals surface area contributed by atoms with Gasteiger partial charge in [0.15, 0.2) is 23.0 Å². The van der Waals surface area contributed by atoms with E-state index in [2.05, 4.69) is 21.1 Å². The number of carbonyl (C=O) groups excluding carboxylic acids is 2. The summed E-state index contributed by atoms with van der Waals surface area (Å²) < 4.78 is 31.9. The minimum Gasteiger partial charge on any atom is -0.493 e. The molecule has 2 amide bonds. The summed E-state index contributed by atoms with van der Waals surface area (Å²) in [7, 11) is 9.25. The predicted octanol–water partition coefficient (Wildman–Crippen LogP) is 5.24. The van der Waals surface area contributed by atoms with E-state index < -0.39 is 0 Å². The molecule has 0 saturated heterocycles. The van der Waals surface area contributed by atoms with Gasteiger partial charge in [-0.15, -0.1) is 0 Å². The second-order valence-electron chi connectivity index (χ2n) is 9.83. The number of unbranched alkanes of at least 4 members (excludes halogenated alkanes) is 7. The standard InChI is InChI=1S/C32H46N4O8/c1-39-25-17-23(18-26(40-2)31(25)43-5)21-33-35-29(37)15-13-11-9-7-8-10-12-14-16-30(38)36-34-22-24-19-27(41-3)32(44-6)28(20-24)42-4/h17-22H,7-16H2,1-6H3,(H,35,37)(H,36,38)/b33-21+,34-22+. The number of ether oxygens (including phenoxy) is 6. The lowest BCUT2D eigenvalue weighted by molar-refractivity contribution is -0.122. The summed E-state index contributed by atoms with van der Waals surface area (Å²) in [4.78, 5) is 24.2. The van der Waals surface area contributed by atoms with Gasteiger partial charge in [0.05, 0.1) is 55.1 Å². The van der Waals surface area contributed by atoms with Crippen molar-refractivity contribution < 1.29 is 38.0 Å². The van der Waals surface area contributed by atoms with E-state index in [9.17, 15) is 9.59 Å². The van der Waals surface area contributed by atoms with Crippen LogP contribution in [0.4, 0.5) is 0 Å². The maximum atomic E-state index is 12.1. The number of hydrazone groups is 2. The Morgan fingerprint density at radius 2 is 0.818 bits per heavy atom. The number of nitrogens with zero attached hydrogens (tertiary/aromatic N) is 2. The molecule has 2 aromatic carbocycles. The first kappa shape index (κ1) is 35.7. The van der Waals surface area contributed by atoms with Gasteiger partial charge in [0.1, 0.15) is 0 Å². The third kappa shape index (κ3) is 12.0. The summed E-state index contributed by atoms with van der Waals surface area (Å²) in [5.74, 6) is 2.80. The Morgan fingerprint density at radius 1 is 0.523 bits per heavy atom. The van der Waals surface area contributed by atoms with Crippen LogP contribution in [0.5, 0.6) is 34.5 Å². The highest BCUT2D eigenvalue weighted by Crippen LogP contribution is 2.38. The first-order valence-corrected chi connectivity index (χ1v) is 14.6. The molecule has 0 bridgehead atoms. The number of benzene rings is 2. The SMILES string of the molecule is COc1cc(/C=N/NC(=O)CCCCCCCCCCC(=O)N/N=C/c2cc(OC)c(OC)c(OC)c2)cc(OC)c1OC. The van der Waals surface area contributed by atoms with Crippen LogP contribution >= 0.6 is 0 Å². The molecule has 2 aromatic rings. The Morgan fingerprint density at radius 3 is 1.09 bits per heavy atom. The zero-order valence-corrected chi connectivity index (χ0v) is 26.7. The maximum absolute atomic E-state index is 12.1. The van der Waals surface area contributed by atoms with Crippen molar-refractivity contribution in [3.8, 4) is 34.5 Å². The van der Waals surface area contributed by atoms with E-state index in [0.717, 1.165) is 51.4 Å². The topological polar surface area (TPSA) is 138 Å². The fraction of sp³-hybridized carbons (Fsp3) is 0.500. The minimum atomic E-state index is -0.125. The predicted molar refractivity (Wildman–Crippen MR) is 170 cm³/mol. The van der Waals surface area contributed by atoms with E-state index in [1.54, 1.807) is 66.9 Å². The van der Waals surface area contributed by atoms with Crippen LogP contribution in [0.2, 0.25) is 0 Å². The lowest BCUT2D eigenvalue weighted by Crippen LogP contribution is -2.17. The highest BCUT2D eigenvalue weighted by Gasteiger charge is 2.13. The molecule has 242 valence electrons. The summed E-state index contributed by atoms with van der Waals surface area (Å²) in [5, 5.41) is 8.08. The molecule has 0 fully saturated rings. The molecule has 0 saturated carbocycles. The third-order valence-electron chi connectivity index (χ3n) is 6.74. The van der Waals surface area contributed by atoms with Gasteiger partial charge in [0, 0.05) is 24.0 Å². The minimum absolute atomic E-state index is 0.125. The summed E-state index contributed by atoms with van der Waals surface area (Å²) in [5.41, 5.74) is 6.55. The maximum Gasteiger partial charge on any atom is 0.240 e. The van der Waals surface area contributed by atoms with E-state index in [-0.39, 0.29) is 11.8 Å². The first-order valence-electron chi connectivity index (χ1n) is 14.6. The molecule has 0 unspecified atom stereocenters. The normalized spacial score (nSPS) is 11.0. The lowest BCUT2D eigenvalue weighted by atomic mass is 10.1. The average molecular weight is 615 g/mol. The average Bonchev–Trinajstić information content (AvgIpc) is 3.04. The van der Waals surface area contributed by atoms with Gasteiger partial charge in [-0.25, -0.2) is 10.9 Å². The molecule has 2 N–H and O–H groups in total. The smallest absolute Gasteiger partial charge is 0.240 e. The Kier molecular flexibility index (Phi) is 16.6. The number of methoxy groups -OCH3 is 6. The van der Waals surface area contributed by atoms with E-state index in [1.807, 2.05) is 0 Å². The Labute approximate surface area is 260 Å². The third-order valence-corrected chi connectivity index (χ3v) is 6.74. The van der Waals surface area contributed by atoms with Crippen LogP contribution in [-0.4, -0.2) is 66.9 Å². The van der Waals surface area contributed by atoms with Crippen molar-refractivity contribution in [3.63, 3.8) is 0 Å². The molecule has 0 aliphatic rings. The number of carbonyl (C=O) groups is 2. The highest BCUT2D eigenvalue weighted by molar-refractivity contribution is 5.85. The van der Waals surface area contributed by atoms with Crippen LogP contribution in [0.25, 0.3) is 0 Å². The van der Waals surface area contributed by atoms with Gasteiger partial charge in [-0.3, -0.25) is 9.59 Å². The van der Waals surface area contributed by atoms with Gasteiger partial charge in [-0.05, 0) is 37.1 Å². The Balaban J connectivity index is 1.54. The zero-order valence-electron chi connectivity index (χ0n) is 26.7. The summed E-state index contributed by atoms with van der Waals surface area (Å²) in [6.45, 7) is 0. The van der Waals surface area contributed by atoms with E-state index in [1.165, 1.54) is 12.4 Å². The molecule has 0 atom stereocenters. The number of hydrogen-bond acceptors (Lipinski definition) is 10. The molecule has 0 aliphatic heterocycles. The molecule has 0 spiro atoms. The van der Waals surface area contributed by atoms with Gasteiger partial charge in [-0.2, -0.15) is 10.2 Å². The van der Waals surface area contributed by atoms with Gasteiger partial charge in [0.2, 0.25) is 23.3 Å². The van der Waals surface area contributed by atoms with Gasteiger partial charge in [-0.1, -0.05) is 38.5 Å². The van der Waals surface area contributed by atoms with Gasteiger partial charge >= 0.3 is 0 Å². The number of rotatable bonds is 21. The van der Waals surface area contributed by atoms with E-state index in [4.69, 9.17) is 28.4 Å². The zero-order chi connectivity index (χ0) is 32.2. The second-order valence-corrected chi connectivity index (χ2v) is 9.83. The van der Waals surface area contributed by atoms with Crippen molar-refractivity contribution in [1.29, 1.82) is 0 Å². The fourth-order valence-corrected chi connectivity index (χ4v) is 4.45. The monoisotopic (exact) mass is 614 g/mol. The quantitative estimate of drug-likeness (QED) is 0.111. The van der Waals surface area contributed by atoms with Crippen molar-refractivity contribution in [2.24, 2.45) is 10.2 Å². The molecule has 0 aromatic heterocycles. The molecule has 12 nitrogen and oxygen atoms in total. The Hall–Kier alpha value is -4.48. The van der Waals surface area contributed by atoms with E-state index >= 15 is 0 Å². The molecule has 0 aliphatic carbocycles. The number of hydrogen-bond donors (Lipinski definition) is 2. The van der Waals surface area contributed by atoms with Crippen molar-refractivity contribution in [2.45, 2.75) is 64.2 Å². The van der Waals surface area contributed by atoms with Crippen LogP contribution in [-0.2, 0) is 9.59 Å². The molecule has 12 heteroatoms. The molecular weight excluding hydrogens is 568 g/mol.